The fourth-order valence-corrected chi connectivity index (χ4v) is 4.34. The zero-order valence-corrected chi connectivity index (χ0v) is 15.6. The Morgan fingerprint density at radius 1 is 1.15 bits per heavy atom. The van der Waals surface area contributed by atoms with Crippen molar-refractivity contribution in [2.75, 3.05) is 19.6 Å². The normalized spacial score (nSPS) is 18.0. The Morgan fingerprint density at radius 2 is 1.92 bits per heavy atom. The van der Waals surface area contributed by atoms with E-state index < -0.39 is 0 Å². The summed E-state index contributed by atoms with van der Waals surface area (Å²) >= 11 is 0. The van der Waals surface area contributed by atoms with E-state index in [0.29, 0.717) is 18.3 Å². The van der Waals surface area contributed by atoms with Gasteiger partial charge >= 0.3 is 0 Å². The molecule has 0 bridgehead atoms. The number of hydrogen-bond acceptors (Lipinski definition) is 3. The Morgan fingerprint density at radius 3 is 2.65 bits per heavy atom. The van der Waals surface area contributed by atoms with Crippen molar-refractivity contribution in [1.82, 2.24) is 20.0 Å². The fourth-order valence-electron chi connectivity index (χ4n) is 4.34. The van der Waals surface area contributed by atoms with E-state index in [2.05, 4.69) is 17.1 Å². The van der Waals surface area contributed by atoms with Gasteiger partial charge in [0.25, 0.3) is 5.91 Å². The minimum atomic E-state index is -0.0181. The third kappa shape index (κ3) is 3.28. The van der Waals surface area contributed by atoms with Crippen molar-refractivity contribution in [2.45, 2.75) is 51.5 Å². The van der Waals surface area contributed by atoms with Gasteiger partial charge in [-0.3, -0.25) is 9.69 Å². The van der Waals surface area contributed by atoms with Crippen LogP contribution in [0.15, 0.2) is 30.3 Å². The molecule has 2 heterocycles. The predicted molar refractivity (Wildman–Crippen MR) is 103 cm³/mol. The number of hydrogen-bond donors (Lipinski definition) is 1. The molecular weight excluding hydrogens is 324 g/mol. The van der Waals surface area contributed by atoms with Crippen LogP contribution in [0.2, 0.25) is 0 Å². The quantitative estimate of drug-likeness (QED) is 0.870. The van der Waals surface area contributed by atoms with E-state index in [9.17, 15) is 4.79 Å². The van der Waals surface area contributed by atoms with Gasteiger partial charge in [-0.25, -0.2) is 4.68 Å². The number of rotatable bonds is 6. The van der Waals surface area contributed by atoms with Crippen LogP contribution < -0.4 is 5.32 Å². The van der Waals surface area contributed by atoms with Crippen LogP contribution in [-0.4, -0.2) is 46.3 Å². The SMILES string of the molecule is CCC(CNC(=O)c1nn(-c2ccccc2)c2c1CCC2)N1CCCC1. The highest BCUT2D eigenvalue weighted by Crippen LogP contribution is 2.27. The summed E-state index contributed by atoms with van der Waals surface area (Å²) < 4.78 is 1.97. The number of carbonyl (C=O) groups is 1. The molecule has 2 aromatic rings. The number of aromatic nitrogens is 2. The highest BCUT2D eigenvalue weighted by Gasteiger charge is 2.28. The third-order valence-corrected chi connectivity index (χ3v) is 5.77. The summed E-state index contributed by atoms with van der Waals surface area (Å²) in [5.74, 6) is -0.0181. The second-order valence-corrected chi connectivity index (χ2v) is 7.39. The molecular formula is C21H28N4O. The number of fused-ring (bicyclic) bond motifs is 1. The molecule has 1 N–H and O–H groups in total. The second kappa shape index (κ2) is 7.62. The van der Waals surface area contributed by atoms with Gasteiger partial charge < -0.3 is 5.32 Å². The Bertz CT molecular complexity index is 762. The molecule has 138 valence electrons. The molecule has 26 heavy (non-hydrogen) atoms. The molecule has 4 rings (SSSR count). The van der Waals surface area contributed by atoms with Crippen LogP contribution >= 0.6 is 0 Å². The lowest BCUT2D eigenvalue weighted by Crippen LogP contribution is -2.42. The van der Waals surface area contributed by atoms with Crippen molar-refractivity contribution in [3.05, 3.63) is 47.3 Å². The van der Waals surface area contributed by atoms with E-state index in [0.717, 1.165) is 50.0 Å². The van der Waals surface area contributed by atoms with E-state index in [1.165, 1.54) is 18.5 Å². The van der Waals surface area contributed by atoms with E-state index in [-0.39, 0.29) is 5.91 Å². The maximum absolute atomic E-state index is 12.9. The maximum atomic E-state index is 12.9. The molecule has 2 aliphatic rings. The minimum Gasteiger partial charge on any atom is -0.349 e. The van der Waals surface area contributed by atoms with Crippen LogP contribution in [0.3, 0.4) is 0 Å². The van der Waals surface area contributed by atoms with Gasteiger partial charge in [-0.05, 0) is 63.7 Å². The van der Waals surface area contributed by atoms with E-state index in [1.54, 1.807) is 0 Å². The zero-order valence-electron chi connectivity index (χ0n) is 15.6. The van der Waals surface area contributed by atoms with Crippen LogP contribution in [0, 0.1) is 0 Å². The Labute approximate surface area is 155 Å². The summed E-state index contributed by atoms with van der Waals surface area (Å²) in [5.41, 5.74) is 4.00. The first-order chi connectivity index (χ1) is 12.8. The predicted octanol–water partition coefficient (Wildman–Crippen LogP) is 2.97. The highest BCUT2D eigenvalue weighted by atomic mass is 16.2. The van der Waals surface area contributed by atoms with Gasteiger partial charge in [0.15, 0.2) is 5.69 Å². The molecule has 1 aliphatic heterocycles. The molecule has 1 aromatic carbocycles. The minimum absolute atomic E-state index is 0.0181. The Balaban J connectivity index is 1.51. The number of amides is 1. The van der Waals surface area contributed by atoms with E-state index in [1.807, 2.05) is 35.0 Å². The molecule has 0 spiro atoms. The van der Waals surface area contributed by atoms with Crippen LogP contribution in [0.4, 0.5) is 0 Å². The summed E-state index contributed by atoms with van der Waals surface area (Å²) in [7, 11) is 0. The summed E-state index contributed by atoms with van der Waals surface area (Å²) in [6.45, 7) is 5.23. The standard InChI is InChI=1S/C21H28N4O/c1-2-16(24-13-6-7-14-24)15-22-21(26)20-18-11-8-12-19(18)25(23-20)17-9-4-3-5-10-17/h3-5,9-10,16H,2,6-8,11-15H2,1H3,(H,22,26). The van der Waals surface area contributed by atoms with Crippen molar-refractivity contribution >= 4 is 5.91 Å². The van der Waals surface area contributed by atoms with Crippen LogP contribution in [0.1, 0.15) is 54.4 Å². The van der Waals surface area contributed by atoms with Gasteiger partial charge in [-0.2, -0.15) is 5.10 Å². The number of carbonyl (C=O) groups excluding carboxylic acids is 1. The van der Waals surface area contributed by atoms with Gasteiger partial charge in [0.05, 0.1) is 5.69 Å². The molecule has 1 fully saturated rings. The lowest BCUT2D eigenvalue weighted by atomic mass is 10.1. The van der Waals surface area contributed by atoms with Gasteiger partial charge in [-0.15, -0.1) is 0 Å². The topological polar surface area (TPSA) is 50.2 Å². The largest absolute Gasteiger partial charge is 0.349 e. The summed E-state index contributed by atoms with van der Waals surface area (Å²) in [5, 5.41) is 7.86. The molecule has 1 aromatic heterocycles. The van der Waals surface area contributed by atoms with Crippen molar-refractivity contribution in [3.8, 4) is 5.69 Å². The fraction of sp³-hybridized carbons (Fsp3) is 0.524. The van der Waals surface area contributed by atoms with Gasteiger partial charge in [0.2, 0.25) is 0 Å². The first kappa shape index (κ1) is 17.3. The number of para-hydroxylation sites is 1. The van der Waals surface area contributed by atoms with Crippen molar-refractivity contribution in [3.63, 3.8) is 0 Å². The Hall–Kier alpha value is -2.14. The second-order valence-electron chi connectivity index (χ2n) is 7.39. The number of nitrogens with zero attached hydrogens (tertiary/aromatic N) is 3. The van der Waals surface area contributed by atoms with Crippen molar-refractivity contribution in [2.24, 2.45) is 0 Å². The van der Waals surface area contributed by atoms with Crippen molar-refractivity contribution in [1.29, 1.82) is 0 Å². The molecule has 0 radical (unpaired) electrons. The monoisotopic (exact) mass is 352 g/mol. The van der Waals surface area contributed by atoms with Crippen LogP contribution in [0.25, 0.3) is 5.69 Å². The molecule has 5 heteroatoms. The van der Waals surface area contributed by atoms with Gasteiger partial charge in [-0.1, -0.05) is 25.1 Å². The molecule has 1 atom stereocenters. The molecule has 1 unspecified atom stereocenters. The number of likely N-dealkylation sites (tertiary alicyclic amines) is 1. The molecule has 1 aliphatic carbocycles. The molecule has 0 saturated carbocycles. The number of nitrogens with one attached hydrogen (secondary N) is 1. The van der Waals surface area contributed by atoms with Gasteiger partial charge in [0.1, 0.15) is 0 Å². The maximum Gasteiger partial charge on any atom is 0.272 e. The zero-order chi connectivity index (χ0) is 17.9. The molecule has 1 saturated heterocycles. The molecule has 1 amide bonds. The average molecular weight is 352 g/mol. The first-order valence-corrected chi connectivity index (χ1v) is 9.96. The first-order valence-electron chi connectivity index (χ1n) is 9.96. The summed E-state index contributed by atoms with van der Waals surface area (Å²) in [6.07, 6.45) is 6.67. The lowest BCUT2D eigenvalue weighted by molar-refractivity contribution is 0.0930. The highest BCUT2D eigenvalue weighted by molar-refractivity contribution is 5.94. The Kier molecular flexibility index (Phi) is 5.07. The summed E-state index contributed by atoms with van der Waals surface area (Å²) in [6, 6.07) is 10.6. The van der Waals surface area contributed by atoms with Crippen LogP contribution in [0.5, 0.6) is 0 Å². The van der Waals surface area contributed by atoms with Crippen LogP contribution in [-0.2, 0) is 12.8 Å². The van der Waals surface area contributed by atoms with E-state index >= 15 is 0 Å². The molecule has 5 nitrogen and oxygen atoms in total. The van der Waals surface area contributed by atoms with Gasteiger partial charge in [0, 0.05) is 23.8 Å². The smallest absolute Gasteiger partial charge is 0.272 e. The lowest BCUT2D eigenvalue weighted by Gasteiger charge is -2.26. The third-order valence-electron chi connectivity index (χ3n) is 5.77. The average Bonchev–Trinajstić information content (AvgIpc) is 3.40. The van der Waals surface area contributed by atoms with E-state index in [4.69, 9.17) is 5.10 Å². The van der Waals surface area contributed by atoms with Crippen molar-refractivity contribution < 1.29 is 4.79 Å². The summed E-state index contributed by atoms with van der Waals surface area (Å²) in [4.78, 5) is 15.4. The number of benzene rings is 1.